The molecule has 2 heterocycles. The molecule has 2 aliphatic carbocycles. The Bertz CT molecular complexity index is 2680. The maximum atomic E-state index is 11.5. The SMILES string of the molecule is CC1(C)CCC(C)(C)c2cc(CBr)ccc21.COC(=O)C[C@@H](c1ccc(O)cc1)n1nnn[n+]1C.C[n+]1nnnn1[C@@H](CC(=O)O)c1ccc(OCc2ccc3c(c2)C(C)(C)CCC3(C)C)cc1. The molecule has 8 rings (SSSR count). The molecule has 2 atom stereocenters. The van der Waals surface area contributed by atoms with E-state index in [1.54, 1.807) is 49.5 Å². The molecule has 68 heavy (non-hydrogen) atoms. The van der Waals surface area contributed by atoms with Crippen molar-refractivity contribution in [2.75, 3.05) is 7.11 Å². The van der Waals surface area contributed by atoms with E-state index in [1.807, 2.05) is 24.3 Å². The number of phenols is 1. The summed E-state index contributed by atoms with van der Waals surface area (Å²) in [7, 11) is 4.67. The number of carboxylic acid groups (broad SMARTS) is 1. The first-order valence-electron chi connectivity index (χ1n) is 23.0. The molecule has 0 saturated carbocycles. The topological polar surface area (TPSA) is 188 Å². The molecule has 2 N–H and O–H groups in total. The van der Waals surface area contributed by atoms with Crippen molar-refractivity contribution in [3.8, 4) is 11.5 Å². The van der Waals surface area contributed by atoms with Crippen molar-refractivity contribution in [3.05, 3.63) is 129 Å². The quantitative estimate of drug-likeness (QED) is 0.0690. The Balaban J connectivity index is 0.000000184. The van der Waals surface area contributed by atoms with Crippen LogP contribution in [0.3, 0.4) is 0 Å². The van der Waals surface area contributed by atoms with Gasteiger partial charge in [0.2, 0.25) is 20.9 Å². The molecule has 0 radical (unpaired) electrons. The number of carbonyl (C=O) groups is 2. The summed E-state index contributed by atoms with van der Waals surface area (Å²) in [6.45, 7) is 19.3. The molecule has 0 aliphatic heterocycles. The van der Waals surface area contributed by atoms with Crippen LogP contribution in [0.4, 0.5) is 0 Å². The predicted molar refractivity (Wildman–Crippen MR) is 258 cm³/mol. The second-order valence-electron chi connectivity index (χ2n) is 20.4. The number of nitrogens with zero attached hydrogens (tertiary/aromatic N) is 10. The van der Waals surface area contributed by atoms with E-state index in [2.05, 4.69) is 144 Å². The second kappa shape index (κ2) is 21.0. The summed E-state index contributed by atoms with van der Waals surface area (Å²) in [6, 6.07) is 26.8. The number of aryl methyl sites for hydroxylation is 2. The van der Waals surface area contributed by atoms with Crippen LogP contribution >= 0.6 is 15.9 Å². The van der Waals surface area contributed by atoms with Crippen LogP contribution in [0.1, 0.15) is 151 Å². The first-order chi connectivity index (χ1) is 32.0. The third-order valence-corrected chi connectivity index (χ3v) is 14.3. The van der Waals surface area contributed by atoms with E-state index in [4.69, 9.17) is 4.74 Å². The van der Waals surface area contributed by atoms with Crippen molar-refractivity contribution in [3.63, 3.8) is 0 Å². The number of ether oxygens (including phenoxy) is 2. The van der Waals surface area contributed by atoms with Gasteiger partial charge < -0.3 is 19.7 Å². The maximum Gasteiger partial charge on any atom is 0.308 e. The highest BCUT2D eigenvalue weighted by Crippen LogP contribution is 2.47. The van der Waals surface area contributed by atoms with Crippen LogP contribution in [0.2, 0.25) is 0 Å². The predicted octanol–water partition coefficient (Wildman–Crippen LogP) is 7.78. The molecule has 0 saturated heterocycles. The van der Waals surface area contributed by atoms with Gasteiger partial charge in [-0.1, -0.05) is 142 Å². The Labute approximate surface area is 407 Å². The lowest BCUT2D eigenvalue weighted by Crippen LogP contribution is -2.45. The first kappa shape index (κ1) is 51.3. The average molecular weight is 996 g/mol. The summed E-state index contributed by atoms with van der Waals surface area (Å²) in [6.07, 6.45) is 4.93. The van der Waals surface area contributed by atoms with Gasteiger partial charge in [0.25, 0.3) is 0 Å². The summed E-state index contributed by atoms with van der Waals surface area (Å²) >= 11 is 3.55. The van der Waals surface area contributed by atoms with Gasteiger partial charge in [-0.05, 0) is 126 Å². The number of esters is 1. The van der Waals surface area contributed by atoms with Gasteiger partial charge >= 0.3 is 11.9 Å². The normalized spacial score (nSPS) is 16.8. The number of carboxylic acids is 1. The van der Waals surface area contributed by atoms with Gasteiger partial charge in [-0.2, -0.15) is 0 Å². The van der Waals surface area contributed by atoms with Gasteiger partial charge in [-0.3, -0.25) is 9.59 Å². The van der Waals surface area contributed by atoms with E-state index >= 15 is 0 Å². The number of halogens is 1. The van der Waals surface area contributed by atoms with E-state index < -0.39 is 18.1 Å². The Morgan fingerprint density at radius 3 is 1.50 bits per heavy atom. The molecule has 17 heteroatoms. The fourth-order valence-corrected chi connectivity index (χ4v) is 9.47. The van der Waals surface area contributed by atoms with E-state index in [0.29, 0.717) is 17.4 Å². The van der Waals surface area contributed by atoms with Crippen LogP contribution in [0.5, 0.6) is 11.5 Å². The standard InChI is InChI=1S/C25H31N5O3.C15H21Br.C11H13N5O3/c1-24(2)12-13-25(3,4)21-14-17(6-11-20(21)24)16-33-19-9-7-18(8-10-19)22(15-23(31)32)30-28-26-27-29(30)5;1-14(2)7-8-15(3,4)13-9-11(10-16)5-6-12(13)14;1-15-13-12-14-16(15)10(7-11(18)19-2)8-3-5-9(17)6-4-8/h6-11,14,22H,12-13,15-16H2,1-5H3;5-6,9H,7-8,10H2,1-4H3;3-6,10H,7H2,1-2H3/p+2/t22-;;10-/m0.0/s1. The van der Waals surface area contributed by atoms with Crippen LogP contribution in [0, 0.1) is 0 Å². The summed E-state index contributed by atoms with van der Waals surface area (Å²) in [5.41, 5.74) is 11.1. The minimum absolute atomic E-state index is 0.0974. The number of carbonyl (C=O) groups excluding carboxylic acids is 1. The number of methoxy groups -OCH3 is 1. The molecule has 0 spiro atoms. The first-order valence-corrected chi connectivity index (χ1v) is 24.1. The van der Waals surface area contributed by atoms with Crippen LogP contribution in [-0.2, 0) is 62.0 Å². The van der Waals surface area contributed by atoms with E-state index in [9.17, 15) is 19.8 Å². The van der Waals surface area contributed by atoms with Crippen molar-refractivity contribution in [2.24, 2.45) is 14.1 Å². The lowest BCUT2D eigenvalue weighted by atomic mass is 9.63. The molecule has 362 valence electrons. The zero-order chi connectivity index (χ0) is 49.6. The number of phenolic OH excluding ortho intramolecular Hbond substituents is 1. The lowest BCUT2D eigenvalue weighted by molar-refractivity contribution is -0.812. The zero-order valence-electron chi connectivity index (χ0n) is 41.3. The molecule has 2 aliphatic rings. The summed E-state index contributed by atoms with van der Waals surface area (Å²) in [5, 5.41) is 42.1. The molecule has 4 aromatic carbocycles. The fraction of sp³-hybridized carbons (Fsp3) is 0.490. The van der Waals surface area contributed by atoms with Gasteiger partial charge in [-0.15, -0.1) is 0 Å². The van der Waals surface area contributed by atoms with Gasteiger partial charge in [0.1, 0.15) is 54.7 Å². The number of aromatic nitrogens is 10. The molecule has 0 fully saturated rings. The molecule has 0 bridgehead atoms. The maximum absolute atomic E-state index is 11.5. The van der Waals surface area contributed by atoms with Gasteiger partial charge in [-0.25, -0.2) is 0 Å². The Morgan fingerprint density at radius 1 is 0.647 bits per heavy atom. The lowest BCUT2D eigenvalue weighted by Gasteiger charge is -2.42. The van der Waals surface area contributed by atoms with Gasteiger partial charge in [0.05, 0.1) is 20.0 Å². The number of fused-ring (bicyclic) bond motifs is 2. The molecule has 2 aromatic heterocycles. The van der Waals surface area contributed by atoms with Crippen molar-refractivity contribution in [1.29, 1.82) is 0 Å². The minimum Gasteiger partial charge on any atom is -0.508 e. The average Bonchev–Trinajstić information content (AvgIpc) is 3.94. The fourth-order valence-electron chi connectivity index (χ4n) is 9.13. The van der Waals surface area contributed by atoms with Crippen molar-refractivity contribution in [2.45, 2.75) is 140 Å². The van der Waals surface area contributed by atoms with Crippen LogP contribution in [0.25, 0.3) is 0 Å². The monoisotopic (exact) mass is 994 g/mol. The molecule has 0 amide bonds. The summed E-state index contributed by atoms with van der Waals surface area (Å²) in [5.74, 6) is -0.407. The van der Waals surface area contributed by atoms with Gasteiger partial charge in [0, 0.05) is 5.33 Å². The third-order valence-electron chi connectivity index (χ3n) is 13.6. The zero-order valence-corrected chi connectivity index (χ0v) is 42.9. The number of aliphatic carboxylic acids is 1. The Morgan fingerprint density at radius 2 is 1.07 bits per heavy atom. The number of alkyl halides is 1. The van der Waals surface area contributed by atoms with Crippen LogP contribution in [0.15, 0.2) is 84.9 Å². The molecule has 6 aromatic rings. The highest BCUT2D eigenvalue weighted by atomic mass is 79.9. The Kier molecular flexibility index (Phi) is 15.9. The molecular weight excluding hydrogens is 929 g/mol. The number of rotatable bonds is 12. The highest BCUT2D eigenvalue weighted by Gasteiger charge is 2.38. The second-order valence-corrected chi connectivity index (χ2v) is 21.0. The minimum atomic E-state index is -0.922. The van der Waals surface area contributed by atoms with E-state index in [0.717, 1.165) is 27.8 Å². The third kappa shape index (κ3) is 12.1. The molecule has 16 nitrogen and oxygen atoms in total. The van der Waals surface area contributed by atoms with Crippen LogP contribution < -0.4 is 14.3 Å². The highest BCUT2D eigenvalue weighted by molar-refractivity contribution is 9.08. The largest absolute Gasteiger partial charge is 0.508 e. The van der Waals surface area contributed by atoms with Crippen LogP contribution in [-0.4, -0.2) is 70.1 Å². The van der Waals surface area contributed by atoms with Crippen molar-refractivity contribution >= 4 is 27.9 Å². The van der Waals surface area contributed by atoms with Gasteiger partial charge in [0.15, 0.2) is 0 Å². The Hall–Kier alpha value is -6.10. The summed E-state index contributed by atoms with van der Waals surface area (Å²) in [4.78, 5) is 28.7. The van der Waals surface area contributed by atoms with E-state index in [-0.39, 0.29) is 35.4 Å². The smallest absolute Gasteiger partial charge is 0.308 e. The summed E-state index contributed by atoms with van der Waals surface area (Å²) < 4.78 is 10.7. The van der Waals surface area contributed by atoms with Crippen molar-refractivity contribution in [1.82, 2.24) is 40.9 Å². The number of aromatic hydroxyl groups is 1. The number of hydrogen-bond donors (Lipinski definition) is 2. The van der Waals surface area contributed by atoms with E-state index in [1.165, 1.54) is 68.7 Å². The molecule has 0 unspecified atom stereocenters. The molecular formula is C51H67BrN10O6+2. The number of benzene rings is 4. The number of hydrogen-bond acceptors (Lipinski definition) is 11. The van der Waals surface area contributed by atoms with Crippen molar-refractivity contribution < 1.29 is 38.9 Å².